The topological polar surface area (TPSA) is 77.0 Å². The standard InChI is InChI=1S/C40H39NO5S/c1-27-36(26-47-37-17-7-6-16-35(37)44-2)45-40(46-38(27)30-20-18-28(25-42)19-21-30)34-15-9-14-33(23-34)32-13-8-10-29(22-32)24-41-39(43)31-11-4-3-5-12-31/h3-23,27,36,38,40,42H,24-26H2,1-2H3,(H,41,43)/t27-,36+,38+,40+/m1/s1. The van der Waals surface area contributed by atoms with Crippen LogP contribution in [-0.2, 0) is 22.6 Å². The van der Waals surface area contributed by atoms with E-state index in [0.29, 0.717) is 12.1 Å². The highest BCUT2D eigenvalue weighted by Gasteiger charge is 2.38. The SMILES string of the molecule is COc1ccccc1SC[C@@H]1O[C@H](c2cccc(-c3cccc(CNC(=O)c4ccccc4)c3)c2)O[C@H](c2ccc(CO)cc2)[C@@H]1C. The minimum atomic E-state index is -0.578. The molecule has 1 saturated heterocycles. The quantitative estimate of drug-likeness (QED) is 0.141. The second-order valence-electron chi connectivity index (χ2n) is 11.7. The van der Waals surface area contributed by atoms with E-state index in [1.807, 2.05) is 97.1 Å². The Morgan fingerprint density at radius 2 is 1.51 bits per heavy atom. The minimum Gasteiger partial charge on any atom is -0.496 e. The molecule has 1 amide bonds. The van der Waals surface area contributed by atoms with E-state index in [0.717, 1.165) is 49.8 Å². The number of methoxy groups -OCH3 is 1. The van der Waals surface area contributed by atoms with Crippen LogP contribution in [0.5, 0.6) is 5.75 Å². The molecule has 0 bridgehead atoms. The van der Waals surface area contributed by atoms with Crippen LogP contribution in [-0.4, -0.2) is 30.0 Å². The molecular weight excluding hydrogens is 607 g/mol. The van der Waals surface area contributed by atoms with Crippen LogP contribution in [0, 0.1) is 5.92 Å². The Bertz CT molecular complexity index is 1780. The van der Waals surface area contributed by atoms with E-state index in [9.17, 15) is 9.90 Å². The molecule has 1 aliphatic heterocycles. The number of thioether (sulfide) groups is 1. The first-order valence-corrected chi connectivity index (χ1v) is 16.8. The van der Waals surface area contributed by atoms with Crippen LogP contribution in [0.4, 0.5) is 0 Å². The predicted octanol–water partition coefficient (Wildman–Crippen LogP) is 8.37. The van der Waals surface area contributed by atoms with Gasteiger partial charge in [0.05, 0.1) is 25.9 Å². The normalized spacial score (nSPS) is 19.2. The number of rotatable bonds is 11. The molecule has 4 atom stereocenters. The number of aliphatic hydroxyl groups excluding tert-OH is 1. The largest absolute Gasteiger partial charge is 0.496 e. The van der Waals surface area contributed by atoms with Crippen molar-refractivity contribution < 1.29 is 24.1 Å². The van der Waals surface area contributed by atoms with Crippen LogP contribution in [0.3, 0.4) is 0 Å². The van der Waals surface area contributed by atoms with Gasteiger partial charge in [-0.15, -0.1) is 11.8 Å². The van der Waals surface area contributed by atoms with Crippen molar-refractivity contribution in [3.63, 3.8) is 0 Å². The number of hydrogen-bond acceptors (Lipinski definition) is 6. The van der Waals surface area contributed by atoms with Gasteiger partial charge in [0.2, 0.25) is 0 Å². The third-order valence-electron chi connectivity index (χ3n) is 8.50. The van der Waals surface area contributed by atoms with Crippen molar-refractivity contribution in [3.05, 3.63) is 155 Å². The maximum Gasteiger partial charge on any atom is 0.251 e. The molecule has 0 aromatic heterocycles. The van der Waals surface area contributed by atoms with E-state index in [4.69, 9.17) is 14.2 Å². The fraction of sp³-hybridized carbons (Fsp3) is 0.225. The van der Waals surface area contributed by atoms with Gasteiger partial charge in [-0.05, 0) is 64.2 Å². The fourth-order valence-corrected chi connectivity index (χ4v) is 7.01. The number of ether oxygens (including phenoxy) is 3. The number of aliphatic hydroxyl groups is 1. The Labute approximate surface area is 280 Å². The zero-order valence-electron chi connectivity index (χ0n) is 26.5. The van der Waals surface area contributed by atoms with Gasteiger partial charge >= 0.3 is 0 Å². The van der Waals surface area contributed by atoms with Crippen LogP contribution in [0.1, 0.15) is 51.9 Å². The zero-order valence-corrected chi connectivity index (χ0v) is 27.4. The van der Waals surface area contributed by atoms with Crippen LogP contribution in [0.15, 0.2) is 132 Å². The summed E-state index contributed by atoms with van der Waals surface area (Å²) in [5, 5.41) is 12.6. The predicted molar refractivity (Wildman–Crippen MR) is 186 cm³/mol. The summed E-state index contributed by atoms with van der Waals surface area (Å²) in [6.07, 6.45) is -0.887. The van der Waals surface area contributed by atoms with Crippen molar-refractivity contribution in [3.8, 4) is 16.9 Å². The maximum absolute atomic E-state index is 12.6. The maximum atomic E-state index is 12.6. The van der Waals surface area contributed by atoms with E-state index in [2.05, 4.69) is 42.6 Å². The summed E-state index contributed by atoms with van der Waals surface area (Å²) in [5.41, 5.74) is 6.58. The first kappa shape index (κ1) is 32.5. The smallest absolute Gasteiger partial charge is 0.251 e. The molecule has 0 unspecified atom stereocenters. The molecule has 1 fully saturated rings. The van der Waals surface area contributed by atoms with Crippen molar-refractivity contribution in [2.24, 2.45) is 5.92 Å². The Morgan fingerprint density at radius 1 is 0.787 bits per heavy atom. The van der Waals surface area contributed by atoms with E-state index in [1.54, 1.807) is 18.9 Å². The van der Waals surface area contributed by atoms with Gasteiger partial charge < -0.3 is 24.6 Å². The molecule has 5 aromatic carbocycles. The van der Waals surface area contributed by atoms with E-state index >= 15 is 0 Å². The van der Waals surface area contributed by atoms with Crippen LogP contribution < -0.4 is 10.1 Å². The molecule has 0 saturated carbocycles. The molecular formula is C40H39NO5S. The summed E-state index contributed by atoms with van der Waals surface area (Å²) < 4.78 is 19.1. The number of hydrogen-bond donors (Lipinski definition) is 2. The Hall–Kier alpha value is -4.40. The van der Waals surface area contributed by atoms with E-state index in [1.165, 1.54) is 0 Å². The molecule has 47 heavy (non-hydrogen) atoms. The molecule has 0 aliphatic carbocycles. The monoisotopic (exact) mass is 645 g/mol. The molecule has 2 N–H and O–H groups in total. The van der Waals surface area contributed by atoms with Crippen molar-refractivity contribution in [2.75, 3.05) is 12.9 Å². The van der Waals surface area contributed by atoms with Gasteiger partial charge in [0.15, 0.2) is 6.29 Å². The van der Waals surface area contributed by atoms with Crippen LogP contribution in [0.2, 0.25) is 0 Å². The van der Waals surface area contributed by atoms with Crippen molar-refractivity contribution in [2.45, 2.75) is 43.5 Å². The van der Waals surface area contributed by atoms with Crippen molar-refractivity contribution >= 4 is 17.7 Å². The number of para-hydroxylation sites is 1. The van der Waals surface area contributed by atoms with Crippen molar-refractivity contribution in [1.82, 2.24) is 5.32 Å². The van der Waals surface area contributed by atoms with Gasteiger partial charge in [-0.3, -0.25) is 4.79 Å². The Morgan fingerprint density at radius 3 is 2.28 bits per heavy atom. The molecule has 7 heteroatoms. The molecule has 1 heterocycles. The number of carbonyl (C=O) groups is 1. The highest BCUT2D eigenvalue weighted by atomic mass is 32.2. The van der Waals surface area contributed by atoms with Crippen LogP contribution >= 0.6 is 11.8 Å². The average Bonchev–Trinajstić information content (AvgIpc) is 3.14. The lowest BCUT2D eigenvalue weighted by molar-refractivity contribution is -0.268. The molecule has 1 aliphatic rings. The molecule has 5 aromatic rings. The zero-order chi connectivity index (χ0) is 32.6. The summed E-state index contributed by atoms with van der Waals surface area (Å²) in [6.45, 7) is 2.60. The first-order valence-electron chi connectivity index (χ1n) is 15.8. The lowest BCUT2D eigenvalue weighted by Gasteiger charge is -2.41. The third kappa shape index (κ3) is 7.95. The summed E-state index contributed by atoms with van der Waals surface area (Å²) >= 11 is 1.72. The summed E-state index contributed by atoms with van der Waals surface area (Å²) in [6, 6.07) is 41.7. The summed E-state index contributed by atoms with van der Waals surface area (Å²) in [5.74, 6) is 1.54. The highest BCUT2D eigenvalue weighted by molar-refractivity contribution is 7.99. The lowest BCUT2D eigenvalue weighted by Crippen LogP contribution is -2.38. The summed E-state index contributed by atoms with van der Waals surface area (Å²) in [4.78, 5) is 13.7. The number of nitrogens with one attached hydrogen (secondary N) is 1. The van der Waals surface area contributed by atoms with Crippen molar-refractivity contribution in [1.29, 1.82) is 0 Å². The second-order valence-corrected chi connectivity index (χ2v) is 12.7. The number of carbonyl (C=O) groups excluding carboxylic acids is 1. The fourth-order valence-electron chi connectivity index (χ4n) is 5.82. The lowest BCUT2D eigenvalue weighted by atomic mass is 9.91. The van der Waals surface area contributed by atoms with Gasteiger partial charge in [0, 0.05) is 34.2 Å². The third-order valence-corrected chi connectivity index (χ3v) is 9.65. The molecule has 6 rings (SSSR count). The van der Waals surface area contributed by atoms with Gasteiger partial charge in [0.25, 0.3) is 5.91 Å². The molecule has 240 valence electrons. The van der Waals surface area contributed by atoms with Crippen LogP contribution in [0.25, 0.3) is 11.1 Å². The minimum absolute atomic E-state index is 0.00133. The van der Waals surface area contributed by atoms with Gasteiger partial charge in [-0.25, -0.2) is 0 Å². The first-order chi connectivity index (χ1) is 23.0. The highest BCUT2D eigenvalue weighted by Crippen LogP contribution is 2.44. The second kappa shape index (κ2) is 15.5. The van der Waals surface area contributed by atoms with Gasteiger partial charge in [-0.2, -0.15) is 0 Å². The Balaban J connectivity index is 1.23. The number of benzene rings is 5. The molecule has 0 radical (unpaired) electrons. The molecule has 0 spiro atoms. The van der Waals surface area contributed by atoms with Gasteiger partial charge in [0.1, 0.15) is 5.75 Å². The number of amides is 1. The van der Waals surface area contributed by atoms with E-state index in [-0.39, 0.29) is 30.6 Å². The Kier molecular flexibility index (Phi) is 10.7. The van der Waals surface area contributed by atoms with Gasteiger partial charge in [-0.1, -0.05) is 97.9 Å². The summed E-state index contributed by atoms with van der Waals surface area (Å²) in [7, 11) is 1.69. The molecule has 6 nitrogen and oxygen atoms in total. The van der Waals surface area contributed by atoms with E-state index < -0.39 is 6.29 Å². The average molecular weight is 646 g/mol.